The number of anilines is 2. The molecule has 3 heterocycles. The van der Waals surface area contributed by atoms with Crippen molar-refractivity contribution in [1.29, 1.82) is 10.5 Å². The summed E-state index contributed by atoms with van der Waals surface area (Å²) in [5.41, 5.74) is 0.790. The van der Waals surface area contributed by atoms with Gasteiger partial charge in [0.15, 0.2) is 5.54 Å². The van der Waals surface area contributed by atoms with Crippen molar-refractivity contribution in [3.05, 3.63) is 59.3 Å². The molecule has 0 amide bonds. The lowest BCUT2D eigenvalue weighted by Crippen LogP contribution is -2.35. The second kappa shape index (κ2) is 9.52. The molecule has 3 aromatic heterocycles. The molecule has 5 rings (SSSR count). The zero-order chi connectivity index (χ0) is 28.9. The third-order valence-electron chi connectivity index (χ3n) is 6.97. The molecule has 0 spiro atoms. The fourth-order valence-electron chi connectivity index (χ4n) is 4.61. The van der Waals surface area contributed by atoms with Crippen molar-refractivity contribution in [2.24, 2.45) is 12.5 Å². The summed E-state index contributed by atoms with van der Waals surface area (Å²) in [5, 5.41) is 39.1. The van der Waals surface area contributed by atoms with E-state index in [9.17, 15) is 23.7 Å². The standard InChI is InChI=1S/C27H27F3N10/c1-25(2,3)15-34-23-17(12-32)13-33-22-16(11-31)9-18(10-19(22)23)36-24(21-5-8-35-39(21)4)20-14-40(38-37-20)26(6-7-26)27(28,29)30/h5,8-10,13-14,24,36H,6-7,15H2,1-4H3,(H,33,34). The number of hydrogen-bond donors (Lipinski definition) is 2. The van der Waals surface area contributed by atoms with Gasteiger partial charge in [-0.25, -0.2) is 4.68 Å². The van der Waals surface area contributed by atoms with Crippen LogP contribution >= 0.6 is 0 Å². The molecule has 1 aliphatic rings. The summed E-state index contributed by atoms with van der Waals surface area (Å²) < 4.78 is 43.8. The highest BCUT2D eigenvalue weighted by molar-refractivity contribution is 5.99. The summed E-state index contributed by atoms with van der Waals surface area (Å²) in [6.45, 7) is 6.72. The molecule has 40 heavy (non-hydrogen) atoms. The van der Waals surface area contributed by atoms with Crippen LogP contribution in [0.15, 0.2) is 36.8 Å². The summed E-state index contributed by atoms with van der Waals surface area (Å²) in [4.78, 5) is 4.37. The lowest BCUT2D eigenvalue weighted by Gasteiger charge is -2.22. The zero-order valence-corrected chi connectivity index (χ0v) is 22.4. The molecule has 0 aliphatic heterocycles. The van der Waals surface area contributed by atoms with Crippen LogP contribution in [0, 0.1) is 28.1 Å². The molecule has 2 N–H and O–H groups in total. The number of pyridine rings is 1. The van der Waals surface area contributed by atoms with Crippen LogP contribution in [0.3, 0.4) is 0 Å². The Morgan fingerprint density at radius 2 is 1.85 bits per heavy atom. The first kappa shape index (κ1) is 26.9. The maximum absolute atomic E-state index is 13.8. The molecule has 1 atom stereocenters. The monoisotopic (exact) mass is 548 g/mol. The summed E-state index contributed by atoms with van der Waals surface area (Å²) in [6, 6.07) is 8.69. The molecule has 13 heteroatoms. The number of nitriles is 2. The second-order valence-electron chi connectivity index (χ2n) is 11.2. The predicted molar refractivity (Wildman–Crippen MR) is 141 cm³/mol. The number of aromatic nitrogens is 6. The SMILES string of the molecule is Cn1nccc1C(Nc1cc(C#N)c2ncc(C#N)c(NCC(C)(C)C)c2c1)c1cn(C2(C(F)(F)F)CC2)nn1. The topological polar surface area (TPSA) is 133 Å². The van der Waals surface area contributed by atoms with E-state index in [0.29, 0.717) is 40.1 Å². The van der Waals surface area contributed by atoms with E-state index in [4.69, 9.17) is 0 Å². The highest BCUT2D eigenvalue weighted by Crippen LogP contribution is 2.55. The Hall–Kier alpha value is -4.65. The maximum atomic E-state index is 13.8. The van der Waals surface area contributed by atoms with Crippen LogP contribution in [0.25, 0.3) is 10.9 Å². The van der Waals surface area contributed by atoms with Crippen LogP contribution in [0.5, 0.6) is 0 Å². The lowest BCUT2D eigenvalue weighted by molar-refractivity contribution is -0.182. The van der Waals surface area contributed by atoms with Gasteiger partial charge in [-0.2, -0.15) is 28.8 Å². The van der Waals surface area contributed by atoms with Gasteiger partial charge in [0.1, 0.15) is 23.9 Å². The fraction of sp³-hybridized carbons (Fsp3) is 0.407. The molecule has 1 saturated carbocycles. The molecule has 10 nitrogen and oxygen atoms in total. The van der Waals surface area contributed by atoms with Gasteiger partial charge in [0.05, 0.1) is 34.2 Å². The van der Waals surface area contributed by atoms with Crippen molar-refractivity contribution in [2.75, 3.05) is 17.2 Å². The van der Waals surface area contributed by atoms with Crippen LogP contribution < -0.4 is 10.6 Å². The zero-order valence-electron chi connectivity index (χ0n) is 22.4. The molecule has 0 bridgehead atoms. The number of fused-ring (bicyclic) bond motifs is 1. The van der Waals surface area contributed by atoms with Gasteiger partial charge >= 0.3 is 6.18 Å². The van der Waals surface area contributed by atoms with E-state index in [0.717, 1.165) is 4.68 Å². The molecule has 1 unspecified atom stereocenters. The van der Waals surface area contributed by atoms with E-state index in [1.54, 1.807) is 36.1 Å². The van der Waals surface area contributed by atoms with Crippen molar-refractivity contribution >= 4 is 22.3 Å². The van der Waals surface area contributed by atoms with Gasteiger partial charge in [-0.15, -0.1) is 5.10 Å². The summed E-state index contributed by atoms with van der Waals surface area (Å²) in [7, 11) is 1.71. The molecule has 0 saturated heterocycles. The Balaban J connectivity index is 1.61. The molecular weight excluding hydrogens is 521 g/mol. The van der Waals surface area contributed by atoms with Crippen molar-refractivity contribution in [3.8, 4) is 12.1 Å². The maximum Gasteiger partial charge on any atom is 0.413 e. The van der Waals surface area contributed by atoms with Gasteiger partial charge in [0, 0.05) is 37.1 Å². The number of aryl methyl sites for hydroxylation is 1. The summed E-state index contributed by atoms with van der Waals surface area (Å²) >= 11 is 0. The van der Waals surface area contributed by atoms with E-state index in [2.05, 4.69) is 63.9 Å². The van der Waals surface area contributed by atoms with Crippen LogP contribution in [-0.2, 0) is 12.6 Å². The van der Waals surface area contributed by atoms with Gasteiger partial charge in [-0.05, 0) is 36.5 Å². The minimum absolute atomic E-state index is 0.0577. The van der Waals surface area contributed by atoms with Gasteiger partial charge in [-0.3, -0.25) is 9.67 Å². The number of nitrogens with one attached hydrogen (secondary N) is 2. The molecule has 0 radical (unpaired) electrons. The fourth-order valence-corrected chi connectivity index (χ4v) is 4.61. The van der Waals surface area contributed by atoms with E-state index in [-0.39, 0.29) is 29.5 Å². The quantitative estimate of drug-likeness (QED) is 0.329. The molecule has 1 aromatic carbocycles. The smallest absolute Gasteiger partial charge is 0.383 e. The second-order valence-corrected chi connectivity index (χ2v) is 11.2. The highest BCUT2D eigenvalue weighted by atomic mass is 19.4. The number of hydrogen-bond acceptors (Lipinski definition) is 8. The Morgan fingerprint density at radius 3 is 2.42 bits per heavy atom. The molecule has 1 fully saturated rings. The van der Waals surface area contributed by atoms with E-state index < -0.39 is 17.8 Å². The Kier molecular flexibility index (Phi) is 6.41. The Bertz CT molecular complexity index is 1660. The minimum atomic E-state index is -4.45. The van der Waals surface area contributed by atoms with E-state index in [1.807, 2.05) is 0 Å². The molecule has 206 valence electrons. The van der Waals surface area contributed by atoms with Gasteiger partial charge in [0.25, 0.3) is 0 Å². The van der Waals surface area contributed by atoms with E-state index in [1.165, 1.54) is 12.4 Å². The molecule has 4 aromatic rings. The Morgan fingerprint density at radius 1 is 1.12 bits per heavy atom. The first-order chi connectivity index (χ1) is 18.9. The number of alkyl halides is 3. The van der Waals surface area contributed by atoms with E-state index >= 15 is 0 Å². The van der Waals surface area contributed by atoms with Crippen LogP contribution in [0.4, 0.5) is 24.5 Å². The van der Waals surface area contributed by atoms with Crippen LogP contribution in [0.2, 0.25) is 0 Å². The molecule has 1 aliphatic carbocycles. The van der Waals surface area contributed by atoms with Crippen molar-refractivity contribution in [2.45, 2.75) is 51.4 Å². The highest BCUT2D eigenvalue weighted by Gasteiger charge is 2.66. The van der Waals surface area contributed by atoms with Gasteiger partial charge in [-0.1, -0.05) is 26.0 Å². The van der Waals surface area contributed by atoms with Crippen molar-refractivity contribution in [3.63, 3.8) is 0 Å². The van der Waals surface area contributed by atoms with Crippen molar-refractivity contribution in [1.82, 2.24) is 29.8 Å². The predicted octanol–water partition coefficient (Wildman–Crippen LogP) is 5.01. The first-order valence-electron chi connectivity index (χ1n) is 12.6. The minimum Gasteiger partial charge on any atom is -0.383 e. The number of rotatable bonds is 7. The van der Waals surface area contributed by atoms with Gasteiger partial charge < -0.3 is 10.6 Å². The average molecular weight is 549 g/mol. The number of benzene rings is 1. The van der Waals surface area contributed by atoms with Crippen LogP contribution in [-0.4, -0.2) is 42.5 Å². The molecular formula is C27H27F3N10. The Labute approximate surface area is 228 Å². The summed E-state index contributed by atoms with van der Waals surface area (Å²) in [5.74, 6) is 0. The third kappa shape index (κ3) is 4.79. The number of nitrogens with zero attached hydrogens (tertiary/aromatic N) is 8. The van der Waals surface area contributed by atoms with Crippen molar-refractivity contribution < 1.29 is 13.2 Å². The lowest BCUT2D eigenvalue weighted by atomic mass is 9.96. The van der Waals surface area contributed by atoms with Crippen LogP contribution in [0.1, 0.15) is 62.2 Å². The number of halogens is 3. The largest absolute Gasteiger partial charge is 0.413 e. The van der Waals surface area contributed by atoms with Gasteiger partial charge in [0.2, 0.25) is 0 Å². The summed E-state index contributed by atoms with van der Waals surface area (Å²) in [6.07, 6.45) is -0.244. The first-order valence-corrected chi connectivity index (χ1v) is 12.6. The third-order valence-corrected chi connectivity index (χ3v) is 6.97. The average Bonchev–Trinajstić information content (AvgIpc) is 3.39. The normalized spacial score (nSPS) is 15.3.